The lowest BCUT2D eigenvalue weighted by Gasteiger charge is -2.32. The quantitative estimate of drug-likeness (QED) is 0.301. The molecule has 1 saturated carbocycles. The standard InChI is InChI=1S/C29H28F3N5/c1-17-6-4-9-22(14-17)26-18(2)25-27(37(26)16-20-10-12-23(13-11-20)29(30,31)32)28(36-24(15-33)35-25)34-19(3)21-7-5-8-21/h4,6,9-14,19,21H,5,7-8,16H2,1-3H3,(H,34,35,36)/t19-/m1/s1. The van der Waals surface area contributed by atoms with Gasteiger partial charge in [0.05, 0.1) is 16.8 Å². The molecule has 1 aliphatic rings. The number of aromatic nitrogens is 3. The fourth-order valence-corrected chi connectivity index (χ4v) is 5.13. The van der Waals surface area contributed by atoms with E-state index in [0.29, 0.717) is 23.8 Å². The Hall–Kier alpha value is -3.86. The molecule has 2 heterocycles. The van der Waals surface area contributed by atoms with E-state index in [2.05, 4.69) is 38.9 Å². The van der Waals surface area contributed by atoms with Crippen molar-refractivity contribution in [3.05, 3.63) is 76.6 Å². The van der Waals surface area contributed by atoms with Gasteiger partial charge in [0.25, 0.3) is 0 Å². The van der Waals surface area contributed by atoms with Crippen molar-refractivity contribution in [3.63, 3.8) is 0 Å². The maximum Gasteiger partial charge on any atom is 0.416 e. The van der Waals surface area contributed by atoms with Gasteiger partial charge in [-0.05, 0) is 68.9 Å². The predicted molar refractivity (Wildman–Crippen MR) is 138 cm³/mol. The molecule has 5 nitrogen and oxygen atoms in total. The molecular formula is C29H28F3N5. The van der Waals surface area contributed by atoms with Crippen molar-refractivity contribution in [1.82, 2.24) is 14.5 Å². The Kier molecular flexibility index (Phi) is 6.40. The second-order valence-corrected chi connectivity index (χ2v) is 9.95. The van der Waals surface area contributed by atoms with Crippen LogP contribution in [0.2, 0.25) is 0 Å². The van der Waals surface area contributed by atoms with E-state index in [1.54, 1.807) is 0 Å². The monoisotopic (exact) mass is 503 g/mol. The molecule has 1 aliphatic carbocycles. The van der Waals surface area contributed by atoms with Crippen LogP contribution in [-0.4, -0.2) is 20.6 Å². The molecule has 2 aromatic heterocycles. The van der Waals surface area contributed by atoms with Gasteiger partial charge < -0.3 is 9.88 Å². The SMILES string of the molecule is Cc1cccc(-c2c(C)c3nc(C#N)nc(N[C@H](C)C4CCC4)c3n2Cc2ccc(C(F)(F)F)cc2)c1. The number of rotatable bonds is 6. The number of hydrogen-bond donors (Lipinski definition) is 1. The Balaban J connectivity index is 1.71. The zero-order valence-corrected chi connectivity index (χ0v) is 21.0. The van der Waals surface area contributed by atoms with Crippen LogP contribution >= 0.6 is 0 Å². The summed E-state index contributed by atoms with van der Waals surface area (Å²) in [4.78, 5) is 9.14. The molecule has 0 bridgehead atoms. The number of aryl methyl sites for hydroxylation is 2. The highest BCUT2D eigenvalue weighted by Gasteiger charge is 2.30. The zero-order valence-electron chi connectivity index (χ0n) is 21.0. The minimum absolute atomic E-state index is 0.0846. The molecule has 2 aromatic carbocycles. The number of alkyl halides is 3. The van der Waals surface area contributed by atoms with E-state index in [1.807, 2.05) is 32.0 Å². The number of anilines is 1. The summed E-state index contributed by atoms with van der Waals surface area (Å²) in [6, 6.07) is 15.6. The summed E-state index contributed by atoms with van der Waals surface area (Å²) in [7, 11) is 0. The topological polar surface area (TPSA) is 66.5 Å². The average Bonchev–Trinajstić information content (AvgIpc) is 3.09. The highest BCUT2D eigenvalue weighted by molar-refractivity contribution is 5.95. The number of benzene rings is 2. The minimum atomic E-state index is -4.39. The van der Waals surface area contributed by atoms with Crippen molar-refractivity contribution >= 4 is 16.9 Å². The molecular weight excluding hydrogens is 475 g/mol. The lowest BCUT2D eigenvalue weighted by molar-refractivity contribution is -0.137. The first-order chi connectivity index (χ1) is 17.7. The van der Waals surface area contributed by atoms with Crippen LogP contribution in [-0.2, 0) is 12.7 Å². The Bertz CT molecular complexity index is 1490. The second-order valence-electron chi connectivity index (χ2n) is 9.95. The van der Waals surface area contributed by atoms with Crippen LogP contribution in [0.5, 0.6) is 0 Å². The first kappa shape index (κ1) is 24.8. The third-order valence-corrected chi connectivity index (χ3v) is 7.37. The summed E-state index contributed by atoms with van der Waals surface area (Å²) >= 11 is 0. The molecule has 0 amide bonds. The number of nitrogens with one attached hydrogen (secondary N) is 1. The summed E-state index contributed by atoms with van der Waals surface area (Å²) < 4.78 is 41.6. The number of halogens is 3. The van der Waals surface area contributed by atoms with Gasteiger partial charge in [-0.15, -0.1) is 0 Å². The van der Waals surface area contributed by atoms with E-state index in [0.717, 1.165) is 58.4 Å². The highest BCUT2D eigenvalue weighted by atomic mass is 19.4. The summed E-state index contributed by atoms with van der Waals surface area (Å²) in [5, 5.41) is 13.2. The first-order valence-electron chi connectivity index (χ1n) is 12.5. The highest BCUT2D eigenvalue weighted by Crippen LogP contribution is 2.38. The van der Waals surface area contributed by atoms with E-state index in [1.165, 1.54) is 18.6 Å². The molecule has 0 saturated heterocycles. The van der Waals surface area contributed by atoms with Crippen LogP contribution in [0, 0.1) is 31.1 Å². The fraction of sp³-hybridized carbons (Fsp3) is 0.345. The summed E-state index contributed by atoms with van der Waals surface area (Å²) in [5.41, 5.74) is 5.32. The molecule has 190 valence electrons. The number of hydrogen-bond acceptors (Lipinski definition) is 4. The summed E-state index contributed by atoms with van der Waals surface area (Å²) in [6.07, 6.45) is -0.889. The van der Waals surface area contributed by atoms with Gasteiger partial charge in [0, 0.05) is 18.2 Å². The van der Waals surface area contributed by atoms with Gasteiger partial charge in [0.1, 0.15) is 11.6 Å². The maximum absolute atomic E-state index is 13.2. The molecule has 1 atom stereocenters. The van der Waals surface area contributed by atoms with Crippen molar-refractivity contribution in [2.24, 2.45) is 5.92 Å². The third-order valence-electron chi connectivity index (χ3n) is 7.37. The molecule has 0 spiro atoms. The van der Waals surface area contributed by atoms with E-state index in [9.17, 15) is 18.4 Å². The van der Waals surface area contributed by atoms with Crippen LogP contribution in [0.25, 0.3) is 22.3 Å². The summed E-state index contributed by atoms with van der Waals surface area (Å²) in [5.74, 6) is 1.20. The van der Waals surface area contributed by atoms with Gasteiger partial charge in [0.2, 0.25) is 5.82 Å². The van der Waals surface area contributed by atoms with Crippen molar-refractivity contribution < 1.29 is 13.2 Å². The minimum Gasteiger partial charge on any atom is -0.365 e. The lowest BCUT2D eigenvalue weighted by atomic mass is 9.80. The number of fused-ring (bicyclic) bond motifs is 1. The van der Waals surface area contributed by atoms with Crippen LogP contribution in [0.4, 0.5) is 19.0 Å². The number of nitriles is 1. The fourth-order valence-electron chi connectivity index (χ4n) is 5.13. The smallest absolute Gasteiger partial charge is 0.365 e. The van der Waals surface area contributed by atoms with Gasteiger partial charge >= 0.3 is 6.18 Å². The van der Waals surface area contributed by atoms with E-state index < -0.39 is 11.7 Å². The lowest BCUT2D eigenvalue weighted by Crippen LogP contribution is -2.31. The third kappa shape index (κ3) is 4.78. The van der Waals surface area contributed by atoms with Crippen LogP contribution in [0.15, 0.2) is 48.5 Å². The van der Waals surface area contributed by atoms with Gasteiger partial charge in [-0.3, -0.25) is 0 Å². The molecule has 4 aromatic rings. The van der Waals surface area contributed by atoms with Gasteiger partial charge in [-0.2, -0.15) is 23.4 Å². The molecule has 0 unspecified atom stereocenters. The normalized spacial score (nSPS) is 14.8. The Morgan fingerprint density at radius 2 is 1.84 bits per heavy atom. The van der Waals surface area contributed by atoms with Crippen molar-refractivity contribution in [2.75, 3.05) is 5.32 Å². The van der Waals surface area contributed by atoms with Gasteiger partial charge in [0.15, 0.2) is 5.82 Å². The Labute approximate surface area is 214 Å². The molecule has 8 heteroatoms. The Morgan fingerprint density at radius 1 is 1.11 bits per heavy atom. The number of nitrogens with zero attached hydrogens (tertiary/aromatic N) is 4. The van der Waals surface area contributed by atoms with Crippen molar-refractivity contribution in [3.8, 4) is 17.3 Å². The molecule has 0 aliphatic heterocycles. The second kappa shape index (κ2) is 9.55. The molecule has 5 rings (SSSR count). The maximum atomic E-state index is 13.2. The van der Waals surface area contributed by atoms with Crippen LogP contribution < -0.4 is 5.32 Å². The van der Waals surface area contributed by atoms with E-state index in [-0.39, 0.29) is 11.9 Å². The Morgan fingerprint density at radius 3 is 2.43 bits per heavy atom. The van der Waals surface area contributed by atoms with Gasteiger partial charge in [-0.1, -0.05) is 42.3 Å². The molecule has 1 N–H and O–H groups in total. The molecule has 0 radical (unpaired) electrons. The van der Waals surface area contributed by atoms with Crippen molar-refractivity contribution in [1.29, 1.82) is 5.26 Å². The first-order valence-corrected chi connectivity index (χ1v) is 12.5. The molecule has 37 heavy (non-hydrogen) atoms. The van der Waals surface area contributed by atoms with E-state index in [4.69, 9.17) is 0 Å². The zero-order chi connectivity index (χ0) is 26.3. The molecule has 1 fully saturated rings. The summed E-state index contributed by atoms with van der Waals surface area (Å²) in [6.45, 7) is 6.44. The average molecular weight is 504 g/mol. The van der Waals surface area contributed by atoms with Crippen LogP contribution in [0.1, 0.15) is 54.3 Å². The largest absolute Gasteiger partial charge is 0.416 e. The predicted octanol–water partition coefficient (Wildman–Crippen LogP) is 7.25. The van der Waals surface area contributed by atoms with Crippen LogP contribution in [0.3, 0.4) is 0 Å². The van der Waals surface area contributed by atoms with Crippen molar-refractivity contribution in [2.45, 2.75) is 58.8 Å². The van der Waals surface area contributed by atoms with E-state index >= 15 is 0 Å². The van der Waals surface area contributed by atoms with Gasteiger partial charge in [-0.25, -0.2) is 4.98 Å².